The molecule has 94 valence electrons. The molecule has 1 amide bonds. The first-order valence-corrected chi connectivity index (χ1v) is 6.77. The molecule has 17 heavy (non-hydrogen) atoms. The molecule has 0 aliphatic heterocycles. The summed E-state index contributed by atoms with van der Waals surface area (Å²) in [5.41, 5.74) is 0.750. The molecule has 1 heterocycles. The molecule has 1 aliphatic carbocycles. The van der Waals surface area contributed by atoms with Gasteiger partial charge >= 0.3 is 0 Å². The molecule has 0 bridgehead atoms. The molecular weight excluding hydrogens is 238 g/mol. The van der Waals surface area contributed by atoms with Gasteiger partial charge in [-0.3, -0.25) is 4.79 Å². The van der Waals surface area contributed by atoms with Crippen LogP contribution in [0.25, 0.3) is 0 Å². The van der Waals surface area contributed by atoms with Crippen molar-refractivity contribution < 1.29 is 9.90 Å². The molecule has 1 saturated carbocycles. The molecule has 2 N–H and O–H groups in total. The molecule has 2 rings (SSSR count). The van der Waals surface area contributed by atoms with Crippen LogP contribution in [-0.4, -0.2) is 33.2 Å². The third-order valence-electron chi connectivity index (χ3n) is 3.24. The van der Waals surface area contributed by atoms with E-state index in [1.54, 1.807) is 0 Å². The van der Waals surface area contributed by atoms with Crippen molar-refractivity contribution in [1.29, 1.82) is 0 Å². The van der Waals surface area contributed by atoms with Crippen LogP contribution in [0.4, 0.5) is 0 Å². The van der Waals surface area contributed by atoms with Gasteiger partial charge in [-0.2, -0.15) is 0 Å². The number of carbonyl (C=O) groups excluding carboxylic acids is 1. The van der Waals surface area contributed by atoms with Gasteiger partial charge in [0.1, 0.15) is 4.88 Å². The number of nitrogens with zero attached hydrogens (tertiary/aromatic N) is 2. The molecule has 1 fully saturated rings. The Bertz CT molecular complexity index is 394. The summed E-state index contributed by atoms with van der Waals surface area (Å²) in [5.74, 6) is 0.0841. The maximum atomic E-state index is 11.9. The molecule has 1 aromatic rings. The van der Waals surface area contributed by atoms with Crippen LogP contribution in [0.2, 0.25) is 0 Å². The lowest BCUT2D eigenvalue weighted by Crippen LogP contribution is -2.32. The Morgan fingerprint density at radius 2 is 2.41 bits per heavy atom. The van der Waals surface area contributed by atoms with Gasteiger partial charge in [-0.15, -0.1) is 5.10 Å². The van der Waals surface area contributed by atoms with Crippen LogP contribution in [0.1, 0.15) is 41.6 Å². The molecule has 5 nitrogen and oxygen atoms in total. The average Bonchev–Trinajstić information content (AvgIpc) is 2.94. The number of aromatic nitrogens is 2. The number of hydrogen-bond acceptors (Lipinski definition) is 5. The van der Waals surface area contributed by atoms with Crippen molar-refractivity contribution in [3.8, 4) is 0 Å². The Kier molecular flexibility index (Phi) is 4.06. The normalized spacial score (nSPS) is 23.9. The predicted molar refractivity (Wildman–Crippen MR) is 65.0 cm³/mol. The van der Waals surface area contributed by atoms with E-state index in [1.807, 2.05) is 6.92 Å². The van der Waals surface area contributed by atoms with Crippen LogP contribution < -0.4 is 5.32 Å². The lowest BCUT2D eigenvalue weighted by Gasteiger charge is -2.14. The Hall–Kier alpha value is -1.01. The van der Waals surface area contributed by atoms with Crippen molar-refractivity contribution in [2.75, 3.05) is 6.54 Å². The highest BCUT2D eigenvalue weighted by molar-refractivity contribution is 7.08. The molecule has 0 radical (unpaired) electrons. The van der Waals surface area contributed by atoms with Crippen LogP contribution in [0, 0.1) is 5.92 Å². The van der Waals surface area contributed by atoms with E-state index in [-0.39, 0.29) is 17.9 Å². The minimum Gasteiger partial charge on any atom is -0.393 e. The zero-order chi connectivity index (χ0) is 12.3. The molecule has 1 aromatic heterocycles. The fraction of sp³-hybridized carbons (Fsp3) is 0.727. The highest BCUT2D eigenvalue weighted by atomic mass is 32.1. The maximum absolute atomic E-state index is 11.9. The van der Waals surface area contributed by atoms with Gasteiger partial charge in [-0.25, -0.2) is 0 Å². The minimum absolute atomic E-state index is 0.115. The van der Waals surface area contributed by atoms with Crippen LogP contribution >= 0.6 is 11.5 Å². The van der Waals surface area contributed by atoms with Crippen molar-refractivity contribution in [2.24, 2.45) is 5.92 Å². The second kappa shape index (κ2) is 5.55. The van der Waals surface area contributed by atoms with E-state index in [9.17, 15) is 9.90 Å². The third-order valence-corrected chi connectivity index (χ3v) is 4.01. The van der Waals surface area contributed by atoms with E-state index in [2.05, 4.69) is 14.9 Å². The number of rotatable bonds is 4. The van der Waals surface area contributed by atoms with Crippen molar-refractivity contribution in [1.82, 2.24) is 14.9 Å². The van der Waals surface area contributed by atoms with Gasteiger partial charge in [0, 0.05) is 12.5 Å². The Balaban J connectivity index is 1.89. The summed E-state index contributed by atoms with van der Waals surface area (Å²) in [4.78, 5) is 12.5. The maximum Gasteiger partial charge on any atom is 0.264 e. The molecule has 2 atom stereocenters. The number of aliphatic hydroxyl groups is 1. The van der Waals surface area contributed by atoms with Crippen LogP contribution in [0.3, 0.4) is 0 Å². The van der Waals surface area contributed by atoms with Gasteiger partial charge in [-0.05, 0) is 30.8 Å². The van der Waals surface area contributed by atoms with E-state index in [4.69, 9.17) is 0 Å². The van der Waals surface area contributed by atoms with Crippen molar-refractivity contribution in [2.45, 2.75) is 38.7 Å². The Morgan fingerprint density at radius 3 is 3.06 bits per heavy atom. The monoisotopic (exact) mass is 255 g/mol. The molecule has 2 unspecified atom stereocenters. The second-order valence-electron chi connectivity index (χ2n) is 4.37. The topological polar surface area (TPSA) is 75.1 Å². The Labute approximate surface area is 104 Å². The standard InChI is InChI=1S/C11H17N3O2S/c1-2-8-10(17-14-13-8)11(16)12-6-7-4-3-5-9(7)15/h7,9,15H,2-6H2,1H3,(H,12,16). The molecule has 1 aliphatic rings. The summed E-state index contributed by atoms with van der Waals surface area (Å²) in [5, 5.41) is 16.4. The Morgan fingerprint density at radius 1 is 1.59 bits per heavy atom. The SMILES string of the molecule is CCc1nnsc1C(=O)NCC1CCCC1O. The predicted octanol–water partition coefficient (Wildman–Crippen LogP) is 0.991. The fourth-order valence-corrected chi connectivity index (χ4v) is 2.84. The first kappa shape index (κ1) is 12.4. The van der Waals surface area contributed by atoms with Crippen molar-refractivity contribution in [3.63, 3.8) is 0 Å². The average molecular weight is 255 g/mol. The lowest BCUT2D eigenvalue weighted by molar-refractivity contribution is 0.0919. The smallest absolute Gasteiger partial charge is 0.264 e. The minimum atomic E-state index is -0.263. The highest BCUT2D eigenvalue weighted by Gasteiger charge is 2.26. The summed E-state index contributed by atoms with van der Waals surface area (Å²) in [6.07, 6.45) is 3.34. The number of amides is 1. The summed E-state index contributed by atoms with van der Waals surface area (Å²) in [7, 11) is 0. The third kappa shape index (κ3) is 2.81. The van der Waals surface area contributed by atoms with Gasteiger partial charge in [0.25, 0.3) is 5.91 Å². The van der Waals surface area contributed by atoms with E-state index in [0.29, 0.717) is 17.8 Å². The van der Waals surface area contributed by atoms with Crippen molar-refractivity contribution >= 4 is 17.4 Å². The van der Waals surface area contributed by atoms with Gasteiger partial charge in [0.05, 0.1) is 11.8 Å². The van der Waals surface area contributed by atoms with Gasteiger partial charge in [0.2, 0.25) is 0 Å². The van der Waals surface area contributed by atoms with Crippen LogP contribution in [0.15, 0.2) is 0 Å². The first-order chi connectivity index (χ1) is 8.22. The van der Waals surface area contributed by atoms with E-state index in [1.165, 1.54) is 0 Å². The molecule has 0 saturated heterocycles. The quantitative estimate of drug-likeness (QED) is 0.841. The number of carbonyl (C=O) groups is 1. The first-order valence-electron chi connectivity index (χ1n) is 5.99. The second-order valence-corrected chi connectivity index (χ2v) is 5.12. The van der Waals surface area contributed by atoms with E-state index < -0.39 is 0 Å². The van der Waals surface area contributed by atoms with Gasteiger partial charge in [0.15, 0.2) is 0 Å². The number of aryl methyl sites for hydroxylation is 1. The number of aliphatic hydroxyl groups excluding tert-OH is 1. The number of nitrogens with one attached hydrogen (secondary N) is 1. The molecular formula is C11H17N3O2S. The summed E-state index contributed by atoms with van der Waals surface area (Å²) in [6.45, 7) is 2.50. The van der Waals surface area contributed by atoms with E-state index >= 15 is 0 Å². The van der Waals surface area contributed by atoms with Gasteiger partial charge in [-0.1, -0.05) is 17.8 Å². The molecule has 0 aromatic carbocycles. The van der Waals surface area contributed by atoms with Crippen LogP contribution in [-0.2, 0) is 6.42 Å². The fourth-order valence-electron chi connectivity index (χ4n) is 2.17. The molecule has 6 heteroatoms. The summed E-state index contributed by atoms with van der Waals surface area (Å²) < 4.78 is 3.79. The summed E-state index contributed by atoms with van der Waals surface area (Å²) in [6, 6.07) is 0. The van der Waals surface area contributed by atoms with Crippen LogP contribution in [0.5, 0.6) is 0 Å². The summed E-state index contributed by atoms with van der Waals surface area (Å²) >= 11 is 1.13. The van der Waals surface area contributed by atoms with Gasteiger partial charge < -0.3 is 10.4 Å². The highest BCUT2D eigenvalue weighted by Crippen LogP contribution is 2.24. The zero-order valence-electron chi connectivity index (χ0n) is 9.85. The van der Waals surface area contributed by atoms with Crippen molar-refractivity contribution in [3.05, 3.63) is 10.6 Å². The number of hydrogen-bond donors (Lipinski definition) is 2. The zero-order valence-corrected chi connectivity index (χ0v) is 10.7. The van der Waals surface area contributed by atoms with E-state index in [0.717, 1.165) is 36.5 Å². The largest absolute Gasteiger partial charge is 0.393 e. The lowest BCUT2D eigenvalue weighted by atomic mass is 10.1. The molecule has 0 spiro atoms.